The summed E-state index contributed by atoms with van der Waals surface area (Å²) in [5.74, 6) is -1.80. The third-order valence-electron chi connectivity index (χ3n) is 3.20. The highest BCUT2D eigenvalue weighted by atomic mass is 16.4. The van der Waals surface area contributed by atoms with Crippen LogP contribution in [0.2, 0.25) is 0 Å². The van der Waals surface area contributed by atoms with Gasteiger partial charge in [-0.15, -0.1) is 0 Å². The van der Waals surface area contributed by atoms with Gasteiger partial charge in [0.2, 0.25) is 5.91 Å². The standard InChI is InChI=1S/C12H22N2O3/c1-8(7-14(2)3)13-11(15)9-5-4-6-10(9)12(16)17/h8-10H,4-7H2,1-3H3,(H,13,15)(H,16,17)/t8?,9-,10+/m1/s1. The van der Waals surface area contributed by atoms with Gasteiger partial charge in [-0.25, -0.2) is 0 Å². The monoisotopic (exact) mass is 242 g/mol. The summed E-state index contributed by atoms with van der Waals surface area (Å²) in [6.45, 7) is 2.69. The Morgan fingerprint density at radius 2 is 1.94 bits per heavy atom. The van der Waals surface area contributed by atoms with Gasteiger partial charge >= 0.3 is 5.97 Å². The number of carbonyl (C=O) groups is 2. The summed E-state index contributed by atoms with van der Waals surface area (Å²) in [5, 5.41) is 11.9. The van der Waals surface area contributed by atoms with E-state index in [0.29, 0.717) is 12.8 Å². The van der Waals surface area contributed by atoms with E-state index in [0.717, 1.165) is 13.0 Å². The van der Waals surface area contributed by atoms with Crippen LogP contribution in [0.3, 0.4) is 0 Å². The van der Waals surface area contributed by atoms with Crippen molar-refractivity contribution in [1.82, 2.24) is 10.2 Å². The number of nitrogens with one attached hydrogen (secondary N) is 1. The number of nitrogens with zero attached hydrogens (tertiary/aromatic N) is 1. The molecule has 1 aliphatic rings. The molecule has 0 aromatic carbocycles. The minimum absolute atomic E-state index is 0.0487. The maximum atomic E-state index is 12.0. The molecule has 1 fully saturated rings. The Morgan fingerprint density at radius 1 is 1.35 bits per heavy atom. The lowest BCUT2D eigenvalue weighted by Gasteiger charge is -2.22. The van der Waals surface area contributed by atoms with E-state index in [9.17, 15) is 9.59 Å². The Morgan fingerprint density at radius 3 is 2.47 bits per heavy atom. The van der Waals surface area contributed by atoms with Crippen LogP contribution in [0.5, 0.6) is 0 Å². The summed E-state index contributed by atoms with van der Waals surface area (Å²) in [6.07, 6.45) is 2.14. The molecule has 0 heterocycles. The number of likely N-dealkylation sites (N-methyl/N-ethyl adjacent to an activating group) is 1. The minimum atomic E-state index is -0.845. The fourth-order valence-corrected chi connectivity index (χ4v) is 2.51. The van der Waals surface area contributed by atoms with E-state index >= 15 is 0 Å². The summed E-state index contributed by atoms with van der Waals surface area (Å²) in [4.78, 5) is 24.9. The van der Waals surface area contributed by atoms with Crippen LogP contribution in [0.1, 0.15) is 26.2 Å². The maximum Gasteiger partial charge on any atom is 0.307 e. The molecule has 0 spiro atoms. The van der Waals surface area contributed by atoms with Gasteiger partial charge in [-0.05, 0) is 33.9 Å². The molecule has 1 unspecified atom stereocenters. The Labute approximate surface area is 102 Å². The summed E-state index contributed by atoms with van der Waals surface area (Å²) in [5.41, 5.74) is 0. The summed E-state index contributed by atoms with van der Waals surface area (Å²) in [6, 6.07) is 0.0487. The first-order chi connectivity index (χ1) is 7.91. The molecule has 1 rings (SSSR count). The van der Waals surface area contributed by atoms with Crippen LogP contribution < -0.4 is 5.32 Å². The van der Waals surface area contributed by atoms with Crippen molar-refractivity contribution in [3.8, 4) is 0 Å². The van der Waals surface area contributed by atoms with Crippen LogP contribution in [0, 0.1) is 11.8 Å². The number of hydrogen-bond acceptors (Lipinski definition) is 3. The van der Waals surface area contributed by atoms with E-state index in [4.69, 9.17) is 5.11 Å². The lowest BCUT2D eigenvalue weighted by Crippen LogP contribution is -2.44. The average Bonchev–Trinajstić information content (AvgIpc) is 2.63. The second-order valence-electron chi connectivity index (χ2n) is 5.15. The van der Waals surface area contributed by atoms with Crippen molar-refractivity contribution in [2.45, 2.75) is 32.2 Å². The van der Waals surface area contributed by atoms with Crippen molar-refractivity contribution >= 4 is 11.9 Å². The zero-order valence-electron chi connectivity index (χ0n) is 10.8. The number of hydrogen-bond donors (Lipinski definition) is 2. The van der Waals surface area contributed by atoms with Crippen LogP contribution in [-0.2, 0) is 9.59 Å². The Balaban J connectivity index is 2.49. The van der Waals surface area contributed by atoms with Gasteiger partial charge in [-0.2, -0.15) is 0 Å². The first-order valence-corrected chi connectivity index (χ1v) is 6.09. The van der Waals surface area contributed by atoms with Crippen LogP contribution in [0.4, 0.5) is 0 Å². The molecule has 2 N–H and O–H groups in total. The summed E-state index contributed by atoms with van der Waals surface area (Å²) < 4.78 is 0. The molecular formula is C12H22N2O3. The fourth-order valence-electron chi connectivity index (χ4n) is 2.51. The molecule has 0 aliphatic heterocycles. The fraction of sp³-hybridized carbons (Fsp3) is 0.833. The van der Waals surface area contributed by atoms with Crippen molar-refractivity contribution in [3.05, 3.63) is 0 Å². The summed E-state index contributed by atoms with van der Waals surface area (Å²) >= 11 is 0. The number of carboxylic acid groups (broad SMARTS) is 1. The maximum absolute atomic E-state index is 12.0. The van der Waals surface area contributed by atoms with E-state index in [1.54, 1.807) is 0 Å². The first kappa shape index (κ1) is 14.0. The molecule has 1 amide bonds. The van der Waals surface area contributed by atoms with Crippen molar-refractivity contribution in [2.75, 3.05) is 20.6 Å². The Bertz CT molecular complexity index is 291. The van der Waals surface area contributed by atoms with Gasteiger partial charge in [-0.3, -0.25) is 9.59 Å². The van der Waals surface area contributed by atoms with Gasteiger partial charge in [0.1, 0.15) is 0 Å². The lowest BCUT2D eigenvalue weighted by molar-refractivity contribution is -0.146. The molecule has 98 valence electrons. The highest BCUT2D eigenvalue weighted by Gasteiger charge is 2.37. The Hall–Kier alpha value is -1.10. The number of amides is 1. The van der Waals surface area contributed by atoms with Crippen LogP contribution in [0.15, 0.2) is 0 Å². The molecule has 5 nitrogen and oxygen atoms in total. The van der Waals surface area contributed by atoms with Crippen molar-refractivity contribution in [2.24, 2.45) is 11.8 Å². The topological polar surface area (TPSA) is 69.6 Å². The van der Waals surface area contributed by atoms with E-state index in [2.05, 4.69) is 5.32 Å². The quantitative estimate of drug-likeness (QED) is 0.739. The normalized spacial score (nSPS) is 25.9. The van der Waals surface area contributed by atoms with Gasteiger partial charge < -0.3 is 15.3 Å². The van der Waals surface area contributed by atoms with E-state index in [1.165, 1.54) is 0 Å². The van der Waals surface area contributed by atoms with Gasteiger partial charge in [-0.1, -0.05) is 6.42 Å². The molecule has 3 atom stereocenters. The third-order valence-corrected chi connectivity index (χ3v) is 3.20. The minimum Gasteiger partial charge on any atom is -0.481 e. The zero-order chi connectivity index (χ0) is 13.0. The van der Waals surface area contributed by atoms with E-state index in [1.807, 2.05) is 25.9 Å². The van der Waals surface area contributed by atoms with E-state index in [-0.39, 0.29) is 17.9 Å². The molecule has 17 heavy (non-hydrogen) atoms. The average molecular weight is 242 g/mol. The predicted molar refractivity (Wildman–Crippen MR) is 64.6 cm³/mol. The van der Waals surface area contributed by atoms with Crippen LogP contribution in [0.25, 0.3) is 0 Å². The van der Waals surface area contributed by atoms with Gasteiger partial charge in [0.15, 0.2) is 0 Å². The molecule has 1 aliphatic carbocycles. The third kappa shape index (κ3) is 4.00. The van der Waals surface area contributed by atoms with E-state index < -0.39 is 11.9 Å². The number of rotatable bonds is 5. The number of aliphatic carboxylic acids is 1. The molecule has 0 radical (unpaired) electrons. The largest absolute Gasteiger partial charge is 0.481 e. The predicted octanol–water partition coefficient (Wildman–Crippen LogP) is 0.554. The van der Waals surface area contributed by atoms with Gasteiger partial charge in [0.25, 0.3) is 0 Å². The molecule has 0 aromatic rings. The first-order valence-electron chi connectivity index (χ1n) is 6.09. The number of carbonyl (C=O) groups excluding carboxylic acids is 1. The highest BCUT2D eigenvalue weighted by molar-refractivity contribution is 5.85. The summed E-state index contributed by atoms with van der Waals surface area (Å²) in [7, 11) is 3.89. The second kappa shape index (κ2) is 6.00. The lowest BCUT2D eigenvalue weighted by atomic mass is 9.95. The molecule has 0 aromatic heterocycles. The SMILES string of the molecule is CC(CN(C)C)NC(=O)[C@@H]1CCC[C@@H]1C(=O)O. The smallest absolute Gasteiger partial charge is 0.307 e. The molecule has 5 heteroatoms. The second-order valence-corrected chi connectivity index (χ2v) is 5.15. The Kier molecular flexibility index (Phi) is 4.93. The molecule has 1 saturated carbocycles. The van der Waals surface area contributed by atoms with Gasteiger partial charge in [0, 0.05) is 12.6 Å². The van der Waals surface area contributed by atoms with Crippen LogP contribution >= 0.6 is 0 Å². The number of carboxylic acids is 1. The van der Waals surface area contributed by atoms with Crippen molar-refractivity contribution in [1.29, 1.82) is 0 Å². The van der Waals surface area contributed by atoms with Gasteiger partial charge in [0.05, 0.1) is 11.8 Å². The van der Waals surface area contributed by atoms with Crippen molar-refractivity contribution in [3.63, 3.8) is 0 Å². The highest BCUT2D eigenvalue weighted by Crippen LogP contribution is 2.32. The molecule has 0 saturated heterocycles. The zero-order valence-corrected chi connectivity index (χ0v) is 10.8. The van der Waals surface area contributed by atoms with Crippen molar-refractivity contribution < 1.29 is 14.7 Å². The molecule has 0 bridgehead atoms. The van der Waals surface area contributed by atoms with Crippen LogP contribution in [-0.4, -0.2) is 48.6 Å². The molecular weight excluding hydrogens is 220 g/mol.